The van der Waals surface area contributed by atoms with Gasteiger partial charge < -0.3 is 19.3 Å². The molecule has 1 saturated heterocycles. The molecule has 2 aromatic rings. The fourth-order valence-electron chi connectivity index (χ4n) is 5.12. The van der Waals surface area contributed by atoms with E-state index in [4.69, 9.17) is 9.47 Å². The van der Waals surface area contributed by atoms with Gasteiger partial charge in [-0.05, 0) is 49.9 Å². The molecule has 6 nitrogen and oxygen atoms in total. The summed E-state index contributed by atoms with van der Waals surface area (Å²) in [6.07, 6.45) is 6.54. The van der Waals surface area contributed by atoms with Crippen LogP contribution in [-0.4, -0.2) is 47.4 Å². The molecule has 2 aromatic carbocycles. The average Bonchev–Trinajstić information content (AvgIpc) is 3.12. The van der Waals surface area contributed by atoms with Gasteiger partial charge in [-0.25, -0.2) is 0 Å². The summed E-state index contributed by atoms with van der Waals surface area (Å²) in [5.74, 6) is 1.19. The number of benzene rings is 2. The molecule has 2 fully saturated rings. The lowest BCUT2D eigenvalue weighted by atomic mass is 9.96. The zero-order chi connectivity index (χ0) is 24.1. The van der Waals surface area contributed by atoms with Gasteiger partial charge in [0.15, 0.2) is 11.5 Å². The molecule has 2 aliphatic rings. The first-order valence-corrected chi connectivity index (χ1v) is 12.5. The van der Waals surface area contributed by atoms with Gasteiger partial charge in [-0.2, -0.15) is 0 Å². The third-order valence-corrected chi connectivity index (χ3v) is 6.78. The smallest absolute Gasteiger partial charge is 0.250 e. The second-order valence-corrected chi connectivity index (χ2v) is 9.60. The summed E-state index contributed by atoms with van der Waals surface area (Å²) in [4.78, 5) is 31.1. The molecule has 34 heavy (non-hydrogen) atoms. The summed E-state index contributed by atoms with van der Waals surface area (Å²) >= 11 is 0. The number of methoxy groups -OCH3 is 1. The van der Waals surface area contributed by atoms with Crippen molar-refractivity contribution < 1.29 is 19.1 Å². The quantitative estimate of drug-likeness (QED) is 0.534. The van der Waals surface area contributed by atoms with E-state index in [9.17, 15) is 9.59 Å². The molecule has 182 valence electrons. The van der Waals surface area contributed by atoms with Crippen molar-refractivity contribution >= 4 is 11.8 Å². The van der Waals surface area contributed by atoms with Crippen LogP contribution in [0.15, 0.2) is 48.5 Å². The Labute approximate surface area is 202 Å². The summed E-state index contributed by atoms with van der Waals surface area (Å²) in [5.41, 5.74) is 1.75. The first-order chi connectivity index (χ1) is 16.5. The van der Waals surface area contributed by atoms with Crippen LogP contribution in [-0.2, 0) is 16.1 Å². The monoisotopic (exact) mass is 464 g/mol. The molecule has 1 atom stereocenters. The van der Waals surface area contributed by atoms with Crippen molar-refractivity contribution in [3.63, 3.8) is 0 Å². The first-order valence-electron chi connectivity index (χ1n) is 12.5. The molecule has 1 saturated carbocycles. The number of piperazine rings is 1. The predicted molar refractivity (Wildman–Crippen MR) is 132 cm³/mol. The third kappa shape index (κ3) is 5.37. The maximum absolute atomic E-state index is 14.0. The molecule has 2 amide bonds. The summed E-state index contributed by atoms with van der Waals surface area (Å²) in [7, 11) is 1.60. The minimum absolute atomic E-state index is 0.00186. The van der Waals surface area contributed by atoms with Gasteiger partial charge in [0.25, 0.3) is 5.91 Å². The lowest BCUT2D eigenvalue weighted by Gasteiger charge is -2.43. The van der Waals surface area contributed by atoms with Crippen LogP contribution in [0.2, 0.25) is 0 Å². The van der Waals surface area contributed by atoms with Crippen molar-refractivity contribution in [2.45, 2.75) is 77.1 Å². The Morgan fingerprint density at radius 1 is 0.941 bits per heavy atom. The molecule has 0 bridgehead atoms. The van der Waals surface area contributed by atoms with E-state index in [0.717, 1.165) is 36.8 Å². The largest absolute Gasteiger partial charge is 0.493 e. The highest BCUT2D eigenvalue weighted by molar-refractivity contribution is 5.96. The Bertz CT molecular complexity index is 983. The van der Waals surface area contributed by atoms with Crippen molar-refractivity contribution in [2.24, 2.45) is 0 Å². The molecule has 0 spiro atoms. The Morgan fingerprint density at radius 3 is 2.29 bits per heavy atom. The van der Waals surface area contributed by atoms with Crippen LogP contribution in [0.4, 0.5) is 0 Å². The molecular weight excluding hydrogens is 428 g/mol. The van der Waals surface area contributed by atoms with Crippen molar-refractivity contribution in [3.8, 4) is 11.5 Å². The lowest BCUT2D eigenvalue weighted by molar-refractivity contribution is -0.159. The van der Waals surface area contributed by atoms with Crippen molar-refractivity contribution in [2.75, 3.05) is 13.7 Å². The average molecular weight is 465 g/mol. The predicted octanol–water partition coefficient (Wildman–Crippen LogP) is 5.12. The fourth-order valence-corrected chi connectivity index (χ4v) is 5.12. The highest BCUT2D eigenvalue weighted by atomic mass is 16.5. The lowest BCUT2D eigenvalue weighted by Crippen LogP contribution is -2.57. The van der Waals surface area contributed by atoms with Crippen LogP contribution in [0, 0.1) is 0 Å². The molecule has 4 rings (SSSR count). The third-order valence-electron chi connectivity index (χ3n) is 6.78. The maximum Gasteiger partial charge on any atom is 0.250 e. The van der Waals surface area contributed by atoms with Crippen molar-refractivity contribution in [1.29, 1.82) is 0 Å². The van der Waals surface area contributed by atoms with Gasteiger partial charge in [-0.1, -0.05) is 62.1 Å². The summed E-state index contributed by atoms with van der Waals surface area (Å²) in [6, 6.07) is 14.9. The Hall–Kier alpha value is -3.02. The van der Waals surface area contributed by atoms with Gasteiger partial charge in [0, 0.05) is 12.6 Å². The van der Waals surface area contributed by atoms with E-state index in [2.05, 4.69) is 0 Å². The second kappa shape index (κ2) is 10.9. The standard InChI is InChI=1S/C28H36N2O4/c1-20(2)34-24-16-15-22(17-25(24)33-3)27-28(32)29(23-13-9-4-5-10-14-23)19-26(31)30(27)18-21-11-7-6-8-12-21/h6-8,11-12,15-17,20,23,27H,4-5,9-10,13-14,18-19H2,1-3H3/t27-/m0/s1. The van der Waals surface area contributed by atoms with Gasteiger partial charge in [0.1, 0.15) is 12.6 Å². The van der Waals surface area contributed by atoms with Crippen LogP contribution < -0.4 is 9.47 Å². The SMILES string of the molecule is COc1cc([C@H]2C(=O)N(C3CCCCCC3)CC(=O)N2Cc2ccccc2)ccc1OC(C)C. The van der Waals surface area contributed by atoms with E-state index in [0.29, 0.717) is 18.0 Å². The number of carbonyl (C=O) groups excluding carboxylic acids is 2. The maximum atomic E-state index is 14.0. The number of ether oxygens (including phenoxy) is 2. The number of rotatable bonds is 7. The molecule has 1 heterocycles. The minimum atomic E-state index is -0.688. The second-order valence-electron chi connectivity index (χ2n) is 9.60. The minimum Gasteiger partial charge on any atom is -0.493 e. The summed E-state index contributed by atoms with van der Waals surface area (Å²) < 4.78 is 11.5. The summed E-state index contributed by atoms with van der Waals surface area (Å²) in [5, 5.41) is 0. The van der Waals surface area contributed by atoms with E-state index in [1.165, 1.54) is 12.8 Å². The van der Waals surface area contributed by atoms with Crippen LogP contribution >= 0.6 is 0 Å². The number of hydrogen-bond donors (Lipinski definition) is 0. The molecule has 0 N–H and O–H groups in total. The van der Waals surface area contributed by atoms with E-state index in [-0.39, 0.29) is 30.5 Å². The van der Waals surface area contributed by atoms with Gasteiger partial charge in [0.2, 0.25) is 5.91 Å². The Morgan fingerprint density at radius 2 is 1.65 bits per heavy atom. The van der Waals surface area contributed by atoms with Crippen LogP contribution in [0.25, 0.3) is 0 Å². The first kappa shape index (κ1) is 24.1. The molecule has 0 radical (unpaired) electrons. The van der Waals surface area contributed by atoms with Gasteiger partial charge in [-0.15, -0.1) is 0 Å². The Balaban J connectivity index is 1.71. The molecule has 0 unspecified atom stereocenters. The van der Waals surface area contributed by atoms with Crippen molar-refractivity contribution in [1.82, 2.24) is 9.80 Å². The molecule has 1 aliphatic carbocycles. The van der Waals surface area contributed by atoms with E-state index < -0.39 is 6.04 Å². The zero-order valence-electron chi connectivity index (χ0n) is 20.5. The van der Waals surface area contributed by atoms with Gasteiger partial charge in [-0.3, -0.25) is 9.59 Å². The number of nitrogens with zero attached hydrogens (tertiary/aromatic N) is 2. The van der Waals surface area contributed by atoms with E-state index >= 15 is 0 Å². The Kier molecular flexibility index (Phi) is 7.76. The molecule has 0 aromatic heterocycles. The number of carbonyl (C=O) groups is 2. The molecule has 6 heteroatoms. The normalized spacial score (nSPS) is 19.9. The molecular formula is C28H36N2O4. The van der Waals surface area contributed by atoms with Crippen LogP contribution in [0.5, 0.6) is 11.5 Å². The van der Waals surface area contributed by atoms with Crippen LogP contribution in [0.3, 0.4) is 0 Å². The zero-order valence-corrected chi connectivity index (χ0v) is 20.5. The van der Waals surface area contributed by atoms with Gasteiger partial charge >= 0.3 is 0 Å². The van der Waals surface area contributed by atoms with E-state index in [1.54, 1.807) is 12.0 Å². The summed E-state index contributed by atoms with van der Waals surface area (Å²) in [6.45, 7) is 4.46. The van der Waals surface area contributed by atoms with Gasteiger partial charge in [0.05, 0.1) is 13.2 Å². The van der Waals surface area contributed by atoms with Crippen molar-refractivity contribution in [3.05, 3.63) is 59.7 Å². The highest BCUT2D eigenvalue weighted by Crippen LogP contribution is 2.37. The van der Waals surface area contributed by atoms with E-state index in [1.807, 2.05) is 67.3 Å². The number of hydrogen-bond acceptors (Lipinski definition) is 4. The number of amides is 2. The fraction of sp³-hybridized carbons (Fsp3) is 0.500. The topological polar surface area (TPSA) is 59.1 Å². The highest BCUT2D eigenvalue weighted by Gasteiger charge is 2.43. The molecule has 1 aliphatic heterocycles. The van der Waals surface area contributed by atoms with Crippen LogP contribution in [0.1, 0.15) is 69.5 Å².